The molecule has 1 aliphatic rings. The smallest absolute Gasteiger partial charge is 0.339 e. The normalized spacial score (nSPS) is 18.8. The standard InChI is InChI=1S/C15H23N3O2/c1-11(16)12-5-7-18(8-6-12)10-14-4-3-13(9-17-14)15(19)20-2/h3-4,9,11-12H,5-8,10,16H2,1-2H3. The number of methoxy groups -OCH3 is 1. The lowest BCUT2D eigenvalue weighted by Gasteiger charge is -2.33. The number of ether oxygens (including phenoxy) is 1. The highest BCUT2D eigenvalue weighted by Crippen LogP contribution is 2.20. The van der Waals surface area contributed by atoms with Gasteiger partial charge in [-0.25, -0.2) is 4.79 Å². The molecule has 2 N–H and O–H groups in total. The summed E-state index contributed by atoms with van der Waals surface area (Å²) in [7, 11) is 1.37. The third-order valence-electron chi connectivity index (χ3n) is 4.01. The molecule has 0 radical (unpaired) electrons. The zero-order valence-corrected chi connectivity index (χ0v) is 12.2. The van der Waals surface area contributed by atoms with Crippen LogP contribution in [-0.4, -0.2) is 42.1 Å². The van der Waals surface area contributed by atoms with Gasteiger partial charge in [0.1, 0.15) is 0 Å². The lowest BCUT2D eigenvalue weighted by Crippen LogP contribution is -2.39. The highest BCUT2D eigenvalue weighted by atomic mass is 16.5. The Morgan fingerprint density at radius 1 is 1.50 bits per heavy atom. The van der Waals surface area contributed by atoms with E-state index in [0.29, 0.717) is 11.5 Å². The Labute approximate surface area is 120 Å². The van der Waals surface area contributed by atoms with Crippen molar-refractivity contribution >= 4 is 5.97 Å². The predicted octanol–water partition coefficient (Wildman–Crippen LogP) is 1.43. The number of likely N-dealkylation sites (tertiary alicyclic amines) is 1. The summed E-state index contributed by atoms with van der Waals surface area (Å²) in [5.74, 6) is 0.294. The fraction of sp³-hybridized carbons (Fsp3) is 0.600. The van der Waals surface area contributed by atoms with Gasteiger partial charge in [-0.05, 0) is 50.9 Å². The summed E-state index contributed by atoms with van der Waals surface area (Å²) in [6.07, 6.45) is 3.88. The first-order valence-corrected chi connectivity index (χ1v) is 7.11. The highest BCUT2D eigenvalue weighted by Gasteiger charge is 2.22. The SMILES string of the molecule is COC(=O)c1ccc(CN2CCC(C(C)N)CC2)nc1. The van der Waals surface area contributed by atoms with Gasteiger partial charge in [0, 0.05) is 18.8 Å². The van der Waals surface area contributed by atoms with Gasteiger partial charge in [0.25, 0.3) is 0 Å². The van der Waals surface area contributed by atoms with Crippen molar-refractivity contribution in [2.75, 3.05) is 20.2 Å². The van der Waals surface area contributed by atoms with E-state index in [1.807, 2.05) is 6.07 Å². The number of piperidine rings is 1. The Bertz CT molecular complexity index is 437. The van der Waals surface area contributed by atoms with Gasteiger partial charge in [-0.1, -0.05) is 0 Å². The van der Waals surface area contributed by atoms with Crippen LogP contribution in [0.25, 0.3) is 0 Å². The molecule has 110 valence electrons. The monoisotopic (exact) mass is 277 g/mol. The van der Waals surface area contributed by atoms with Crippen molar-refractivity contribution in [3.8, 4) is 0 Å². The zero-order chi connectivity index (χ0) is 14.5. The van der Waals surface area contributed by atoms with Crippen molar-refractivity contribution in [1.82, 2.24) is 9.88 Å². The first kappa shape index (κ1) is 14.9. The number of carbonyl (C=O) groups excluding carboxylic acids is 1. The lowest BCUT2D eigenvalue weighted by atomic mass is 9.91. The first-order chi connectivity index (χ1) is 9.60. The van der Waals surface area contributed by atoms with E-state index in [2.05, 4.69) is 21.5 Å². The Morgan fingerprint density at radius 2 is 2.20 bits per heavy atom. The number of nitrogens with zero attached hydrogens (tertiary/aromatic N) is 2. The van der Waals surface area contributed by atoms with Crippen LogP contribution in [0.4, 0.5) is 0 Å². The van der Waals surface area contributed by atoms with Crippen molar-refractivity contribution in [3.63, 3.8) is 0 Å². The molecule has 0 amide bonds. The van der Waals surface area contributed by atoms with Crippen LogP contribution in [-0.2, 0) is 11.3 Å². The molecule has 1 aromatic heterocycles. The van der Waals surface area contributed by atoms with E-state index in [1.54, 1.807) is 12.3 Å². The summed E-state index contributed by atoms with van der Waals surface area (Å²) < 4.78 is 4.66. The fourth-order valence-corrected chi connectivity index (χ4v) is 2.62. The second kappa shape index (κ2) is 6.81. The Kier molecular flexibility index (Phi) is 5.09. The molecule has 1 unspecified atom stereocenters. The Morgan fingerprint density at radius 3 is 2.70 bits per heavy atom. The van der Waals surface area contributed by atoms with Gasteiger partial charge in [0.15, 0.2) is 0 Å². The summed E-state index contributed by atoms with van der Waals surface area (Å²) in [5.41, 5.74) is 7.42. The molecule has 2 rings (SSSR count). The highest BCUT2D eigenvalue weighted by molar-refractivity contribution is 5.88. The van der Waals surface area contributed by atoms with Gasteiger partial charge >= 0.3 is 5.97 Å². The van der Waals surface area contributed by atoms with E-state index in [1.165, 1.54) is 7.11 Å². The molecular weight excluding hydrogens is 254 g/mol. The summed E-state index contributed by atoms with van der Waals surface area (Å²) in [4.78, 5) is 18.0. The van der Waals surface area contributed by atoms with E-state index in [-0.39, 0.29) is 12.0 Å². The van der Waals surface area contributed by atoms with E-state index >= 15 is 0 Å². The van der Waals surface area contributed by atoms with Crippen LogP contribution in [0, 0.1) is 5.92 Å². The molecular formula is C15H23N3O2. The summed E-state index contributed by atoms with van der Waals surface area (Å²) in [6, 6.07) is 3.95. The van der Waals surface area contributed by atoms with Crippen LogP contribution in [0.2, 0.25) is 0 Å². The zero-order valence-electron chi connectivity index (χ0n) is 12.2. The lowest BCUT2D eigenvalue weighted by molar-refractivity contribution is 0.0600. The molecule has 1 atom stereocenters. The van der Waals surface area contributed by atoms with Crippen LogP contribution < -0.4 is 5.73 Å². The van der Waals surface area contributed by atoms with Gasteiger partial charge in [-0.2, -0.15) is 0 Å². The van der Waals surface area contributed by atoms with Crippen molar-refractivity contribution < 1.29 is 9.53 Å². The maximum absolute atomic E-state index is 11.3. The van der Waals surface area contributed by atoms with E-state index < -0.39 is 0 Å². The largest absolute Gasteiger partial charge is 0.465 e. The van der Waals surface area contributed by atoms with Gasteiger partial charge < -0.3 is 10.5 Å². The average Bonchev–Trinajstić information content (AvgIpc) is 2.48. The minimum Gasteiger partial charge on any atom is -0.465 e. The molecule has 1 aliphatic heterocycles. The first-order valence-electron chi connectivity index (χ1n) is 7.11. The molecule has 0 bridgehead atoms. The molecule has 0 aliphatic carbocycles. The minimum atomic E-state index is -0.346. The number of rotatable bonds is 4. The molecule has 0 aromatic carbocycles. The van der Waals surface area contributed by atoms with E-state index in [0.717, 1.165) is 38.2 Å². The fourth-order valence-electron chi connectivity index (χ4n) is 2.62. The molecule has 2 heterocycles. The molecule has 0 spiro atoms. The number of hydrogen-bond acceptors (Lipinski definition) is 5. The molecule has 20 heavy (non-hydrogen) atoms. The number of hydrogen-bond donors (Lipinski definition) is 1. The van der Waals surface area contributed by atoms with Crippen LogP contribution in [0.15, 0.2) is 18.3 Å². The van der Waals surface area contributed by atoms with Gasteiger partial charge in [-0.15, -0.1) is 0 Å². The number of aromatic nitrogens is 1. The molecule has 1 aromatic rings. The van der Waals surface area contributed by atoms with Crippen molar-refractivity contribution in [2.24, 2.45) is 11.7 Å². The third kappa shape index (κ3) is 3.77. The topological polar surface area (TPSA) is 68.5 Å². The van der Waals surface area contributed by atoms with Crippen LogP contribution >= 0.6 is 0 Å². The molecule has 5 nitrogen and oxygen atoms in total. The number of pyridine rings is 1. The van der Waals surface area contributed by atoms with Gasteiger partial charge in [0.2, 0.25) is 0 Å². The predicted molar refractivity (Wildman–Crippen MR) is 77.2 cm³/mol. The summed E-state index contributed by atoms with van der Waals surface area (Å²) in [6.45, 7) is 5.04. The number of carbonyl (C=O) groups is 1. The van der Waals surface area contributed by atoms with Crippen molar-refractivity contribution in [3.05, 3.63) is 29.6 Å². The van der Waals surface area contributed by atoms with Gasteiger partial charge in [0.05, 0.1) is 18.4 Å². The maximum Gasteiger partial charge on any atom is 0.339 e. The number of nitrogens with two attached hydrogens (primary N) is 1. The second-order valence-electron chi connectivity index (χ2n) is 5.50. The molecule has 1 fully saturated rings. The molecule has 1 saturated heterocycles. The van der Waals surface area contributed by atoms with Crippen LogP contribution in [0.1, 0.15) is 35.8 Å². The quantitative estimate of drug-likeness (QED) is 0.843. The Hall–Kier alpha value is -1.46. The van der Waals surface area contributed by atoms with Crippen LogP contribution in [0.5, 0.6) is 0 Å². The second-order valence-corrected chi connectivity index (χ2v) is 5.50. The molecule has 0 saturated carbocycles. The van der Waals surface area contributed by atoms with Crippen molar-refractivity contribution in [1.29, 1.82) is 0 Å². The van der Waals surface area contributed by atoms with E-state index in [9.17, 15) is 4.79 Å². The van der Waals surface area contributed by atoms with E-state index in [4.69, 9.17) is 5.73 Å². The third-order valence-corrected chi connectivity index (χ3v) is 4.01. The average molecular weight is 277 g/mol. The van der Waals surface area contributed by atoms with Gasteiger partial charge in [-0.3, -0.25) is 9.88 Å². The summed E-state index contributed by atoms with van der Waals surface area (Å²) >= 11 is 0. The Balaban J connectivity index is 1.87. The summed E-state index contributed by atoms with van der Waals surface area (Å²) in [5, 5.41) is 0. The number of esters is 1. The van der Waals surface area contributed by atoms with Crippen LogP contribution in [0.3, 0.4) is 0 Å². The minimum absolute atomic E-state index is 0.287. The van der Waals surface area contributed by atoms with Crippen molar-refractivity contribution in [2.45, 2.75) is 32.4 Å². The maximum atomic E-state index is 11.3. The molecule has 5 heteroatoms.